The molecule has 2 heterocycles. The molecule has 7 nitrogen and oxygen atoms in total. The predicted molar refractivity (Wildman–Crippen MR) is 141 cm³/mol. The number of halogens is 1. The van der Waals surface area contributed by atoms with Gasteiger partial charge in [0.1, 0.15) is 16.4 Å². The van der Waals surface area contributed by atoms with Gasteiger partial charge >= 0.3 is 5.97 Å². The van der Waals surface area contributed by atoms with Crippen molar-refractivity contribution in [1.29, 1.82) is 0 Å². The van der Waals surface area contributed by atoms with Gasteiger partial charge in [0.05, 0.1) is 12.9 Å². The van der Waals surface area contributed by atoms with Gasteiger partial charge in [-0.1, -0.05) is 53.7 Å². The van der Waals surface area contributed by atoms with Gasteiger partial charge in [-0.2, -0.15) is 0 Å². The van der Waals surface area contributed by atoms with E-state index in [2.05, 4.69) is 22.1 Å². The number of aromatic nitrogens is 3. The van der Waals surface area contributed by atoms with Gasteiger partial charge in [0, 0.05) is 23.1 Å². The van der Waals surface area contributed by atoms with E-state index in [0.717, 1.165) is 11.1 Å². The zero-order valence-corrected chi connectivity index (χ0v) is 21.3. The topological polar surface area (TPSA) is 86.1 Å². The Hall–Kier alpha value is -3.76. The fraction of sp³-hybridized carbons (Fsp3) is 0.154. The molecule has 0 unspecified atom stereocenters. The van der Waals surface area contributed by atoms with Gasteiger partial charge < -0.3 is 10.1 Å². The van der Waals surface area contributed by atoms with E-state index in [9.17, 15) is 14.0 Å². The standard InChI is InChI=1S/C26H23FN4O3S2/c1-4-12-31-23(18-7-5-6-16(2)13-18)29-30-26(31)36-15-21(32)28-24-22(25(33)34-3)20(14-35-24)17-8-10-19(27)11-9-17/h4-11,13-14H,1,12,15H2,2-3H3,(H,28,32). The molecule has 2 aromatic heterocycles. The van der Waals surface area contributed by atoms with Crippen LogP contribution in [0.3, 0.4) is 0 Å². The molecule has 0 saturated heterocycles. The zero-order valence-electron chi connectivity index (χ0n) is 19.7. The largest absolute Gasteiger partial charge is 0.465 e. The first-order valence-corrected chi connectivity index (χ1v) is 12.8. The summed E-state index contributed by atoms with van der Waals surface area (Å²) in [5, 5.41) is 14.1. The summed E-state index contributed by atoms with van der Waals surface area (Å²) in [6.45, 7) is 6.31. The second kappa shape index (κ2) is 11.3. The average Bonchev–Trinajstić information content (AvgIpc) is 3.47. The van der Waals surface area contributed by atoms with Gasteiger partial charge in [-0.3, -0.25) is 9.36 Å². The number of nitrogens with zero attached hydrogens (tertiary/aromatic N) is 3. The monoisotopic (exact) mass is 522 g/mol. The van der Waals surface area contributed by atoms with Crippen LogP contribution >= 0.6 is 23.1 Å². The second-order valence-electron chi connectivity index (χ2n) is 7.76. The number of methoxy groups -OCH3 is 1. The lowest BCUT2D eigenvalue weighted by molar-refractivity contribution is -0.113. The molecule has 36 heavy (non-hydrogen) atoms. The molecule has 0 saturated carbocycles. The summed E-state index contributed by atoms with van der Waals surface area (Å²) in [4.78, 5) is 25.3. The maximum absolute atomic E-state index is 13.4. The van der Waals surface area contributed by atoms with E-state index in [1.165, 1.54) is 42.3 Å². The van der Waals surface area contributed by atoms with Crippen LogP contribution in [0.2, 0.25) is 0 Å². The molecule has 1 N–H and O–H groups in total. The van der Waals surface area contributed by atoms with Crippen LogP contribution in [0.15, 0.2) is 71.7 Å². The third kappa shape index (κ3) is 5.55. The minimum absolute atomic E-state index is 0.0491. The Balaban J connectivity index is 1.52. The SMILES string of the molecule is C=CCn1c(SCC(=O)Nc2scc(-c3ccc(F)cc3)c2C(=O)OC)nnc1-c1cccc(C)c1. The third-order valence-corrected chi connectivity index (χ3v) is 7.09. The molecule has 10 heteroatoms. The molecule has 0 aliphatic carbocycles. The molecule has 0 aliphatic rings. The summed E-state index contributed by atoms with van der Waals surface area (Å²) in [6, 6.07) is 13.7. The average molecular weight is 523 g/mol. The van der Waals surface area contributed by atoms with E-state index in [-0.39, 0.29) is 23.0 Å². The molecule has 0 aliphatic heterocycles. The van der Waals surface area contributed by atoms with Crippen molar-refractivity contribution in [3.8, 4) is 22.5 Å². The highest BCUT2D eigenvalue weighted by Gasteiger charge is 2.23. The number of rotatable bonds is 9. The van der Waals surface area contributed by atoms with Crippen LogP contribution in [-0.2, 0) is 16.1 Å². The van der Waals surface area contributed by atoms with Crippen LogP contribution in [0.1, 0.15) is 15.9 Å². The van der Waals surface area contributed by atoms with Crippen LogP contribution in [0.5, 0.6) is 0 Å². The number of amides is 1. The molecule has 4 rings (SSSR count). The van der Waals surface area contributed by atoms with E-state index >= 15 is 0 Å². The summed E-state index contributed by atoms with van der Waals surface area (Å²) < 4.78 is 20.2. The van der Waals surface area contributed by atoms with Crippen LogP contribution in [-0.4, -0.2) is 39.5 Å². The number of thioether (sulfide) groups is 1. The summed E-state index contributed by atoms with van der Waals surface area (Å²) in [5.41, 5.74) is 3.46. The fourth-order valence-corrected chi connectivity index (χ4v) is 5.30. The quantitative estimate of drug-likeness (QED) is 0.169. The van der Waals surface area contributed by atoms with E-state index in [0.29, 0.717) is 33.7 Å². The first-order valence-electron chi connectivity index (χ1n) is 10.9. The van der Waals surface area contributed by atoms with Crippen molar-refractivity contribution in [2.45, 2.75) is 18.6 Å². The van der Waals surface area contributed by atoms with Crippen molar-refractivity contribution < 1.29 is 18.7 Å². The van der Waals surface area contributed by atoms with Gasteiger partial charge in [0.15, 0.2) is 11.0 Å². The molecule has 1 amide bonds. The number of esters is 1. The van der Waals surface area contributed by atoms with Crippen LogP contribution < -0.4 is 5.32 Å². The maximum atomic E-state index is 13.4. The number of aryl methyl sites for hydroxylation is 1. The Morgan fingerprint density at radius 1 is 1.19 bits per heavy atom. The molecule has 0 bridgehead atoms. The van der Waals surface area contributed by atoms with E-state index in [4.69, 9.17) is 4.74 Å². The predicted octanol–water partition coefficient (Wildman–Crippen LogP) is 5.82. The summed E-state index contributed by atoms with van der Waals surface area (Å²) >= 11 is 2.44. The molecule has 0 fully saturated rings. The molecular formula is C26H23FN4O3S2. The summed E-state index contributed by atoms with van der Waals surface area (Å²) in [5.74, 6) is -0.548. The Bertz CT molecular complexity index is 1410. The van der Waals surface area contributed by atoms with E-state index < -0.39 is 5.97 Å². The fourth-order valence-electron chi connectivity index (χ4n) is 3.58. The Morgan fingerprint density at radius 2 is 1.97 bits per heavy atom. The van der Waals surface area contributed by atoms with Crippen molar-refractivity contribution in [1.82, 2.24) is 14.8 Å². The van der Waals surface area contributed by atoms with E-state index in [1.54, 1.807) is 23.6 Å². The normalized spacial score (nSPS) is 10.8. The lowest BCUT2D eigenvalue weighted by Gasteiger charge is -2.09. The minimum atomic E-state index is -0.591. The Kier molecular flexibility index (Phi) is 7.97. The van der Waals surface area contributed by atoms with Gasteiger partial charge in [-0.05, 0) is 30.7 Å². The molecule has 2 aromatic carbocycles. The smallest absolute Gasteiger partial charge is 0.341 e. The van der Waals surface area contributed by atoms with Gasteiger partial charge in [0.2, 0.25) is 5.91 Å². The van der Waals surface area contributed by atoms with Gasteiger partial charge in [0.25, 0.3) is 0 Å². The Labute approximate surface area is 216 Å². The summed E-state index contributed by atoms with van der Waals surface area (Å²) in [6.07, 6.45) is 1.75. The highest BCUT2D eigenvalue weighted by molar-refractivity contribution is 7.99. The lowest BCUT2D eigenvalue weighted by atomic mass is 10.0. The van der Waals surface area contributed by atoms with E-state index in [1.807, 2.05) is 35.8 Å². The molecule has 4 aromatic rings. The van der Waals surface area contributed by atoms with Crippen LogP contribution in [0, 0.1) is 12.7 Å². The molecule has 184 valence electrons. The molecule has 0 atom stereocenters. The van der Waals surface area contributed by atoms with Crippen molar-refractivity contribution >= 4 is 40.0 Å². The highest BCUT2D eigenvalue weighted by atomic mass is 32.2. The number of benzene rings is 2. The highest BCUT2D eigenvalue weighted by Crippen LogP contribution is 2.36. The molecular weight excluding hydrogens is 499 g/mol. The van der Waals surface area contributed by atoms with Gasteiger partial charge in [-0.15, -0.1) is 28.1 Å². The van der Waals surface area contributed by atoms with Crippen molar-refractivity contribution in [2.75, 3.05) is 18.2 Å². The van der Waals surface area contributed by atoms with Crippen LogP contribution in [0.25, 0.3) is 22.5 Å². The first kappa shape index (κ1) is 25.3. The number of carbonyl (C=O) groups is 2. The third-order valence-electron chi connectivity index (χ3n) is 5.23. The second-order valence-corrected chi connectivity index (χ2v) is 9.59. The number of hydrogen-bond donors (Lipinski definition) is 1. The number of thiophene rings is 1. The first-order chi connectivity index (χ1) is 17.4. The summed E-state index contributed by atoms with van der Waals surface area (Å²) in [7, 11) is 1.27. The van der Waals surface area contributed by atoms with Crippen molar-refractivity contribution in [3.63, 3.8) is 0 Å². The van der Waals surface area contributed by atoms with Crippen LogP contribution in [0.4, 0.5) is 9.39 Å². The lowest BCUT2D eigenvalue weighted by Crippen LogP contribution is -2.16. The number of nitrogens with one attached hydrogen (secondary N) is 1. The van der Waals surface area contributed by atoms with Crippen molar-refractivity contribution in [2.24, 2.45) is 0 Å². The van der Waals surface area contributed by atoms with Crippen molar-refractivity contribution in [3.05, 3.63) is 83.5 Å². The van der Waals surface area contributed by atoms with Gasteiger partial charge in [-0.25, -0.2) is 9.18 Å². The number of hydrogen-bond acceptors (Lipinski definition) is 7. The molecule has 0 spiro atoms. The maximum Gasteiger partial charge on any atom is 0.341 e. The zero-order chi connectivity index (χ0) is 25.7. The number of anilines is 1. The number of ether oxygens (including phenoxy) is 1. The number of allylic oxidation sites excluding steroid dienone is 1. The Morgan fingerprint density at radius 3 is 2.67 bits per heavy atom. The minimum Gasteiger partial charge on any atom is -0.465 e. The molecule has 0 radical (unpaired) electrons. The number of carbonyl (C=O) groups excluding carboxylic acids is 2.